The fraction of sp³-hybridized carbons (Fsp3) is 0.333. The van der Waals surface area contributed by atoms with Gasteiger partial charge in [0.15, 0.2) is 0 Å². The lowest BCUT2D eigenvalue weighted by Gasteiger charge is -2.26. The molecule has 0 aliphatic carbocycles. The molecule has 2 aromatic heterocycles. The first-order chi connectivity index (χ1) is 14.7. The summed E-state index contributed by atoms with van der Waals surface area (Å²) in [6, 6.07) is 8.77. The number of anilines is 1. The molecular formula is C21H24N4O4S2. The number of aryl methyl sites for hydroxylation is 3. The first kappa shape index (κ1) is 21.5. The molecule has 0 unspecified atom stereocenters. The van der Waals surface area contributed by atoms with Crippen LogP contribution in [-0.2, 0) is 21.8 Å². The molecule has 0 saturated carbocycles. The number of hydrogen-bond donors (Lipinski definition) is 1. The van der Waals surface area contributed by atoms with Crippen LogP contribution in [0.3, 0.4) is 0 Å². The molecule has 1 saturated heterocycles. The number of sulfonamides is 1. The van der Waals surface area contributed by atoms with E-state index in [0.29, 0.717) is 53.3 Å². The Balaban J connectivity index is 1.61. The molecule has 3 aromatic rings. The van der Waals surface area contributed by atoms with Crippen molar-refractivity contribution in [1.82, 2.24) is 14.5 Å². The molecule has 164 valence electrons. The number of amides is 1. The van der Waals surface area contributed by atoms with E-state index in [1.54, 1.807) is 53.9 Å². The number of carbonyl (C=O) groups excluding carboxylic acids is 1. The van der Waals surface area contributed by atoms with Crippen molar-refractivity contribution in [3.05, 3.63) is 52.7 Å². The van der Waals surface area contributed by atoms with Gasteiger partial charge in [-0.25, -0.2) is 13.4 Å². The van der Waals surface area contributed by atoms with Crippen LogP contribution in [0, 0.1) is 13.8 Å². The van der Waals surface area contributed by atoms with Gasteiger partial charge in [0.2, 0.25) is 0 Å². The lowest BCUT2D eigenvalue weighted by atomic mass is 10.2. The highest BCUT2D eigenvalue weighted by molar-refractivity contribution is 7.92. The fourth-order valence-electron chi connectivity index (χ4n) is 3.43. The van der Waals surface area contributed by atoms with Crippen molar-refractivity contribution in [2.45, 2.75) is 18.7 Å². The van der Waals surface area contributed by atoms with Crippen molar-refractivity contribution in [2.75, 3.05) is 31.0 Å². The predicted molar refractivity (Wildman–Crippen MR) is 120 cm³/mol. The summed E-state index contributed by atoms with van der Waals surface area (Å²) in [4.78, 5) is 19.9. The third-order valence-electron chi connectivity index (χ3n) is 5.07. The number of nitrogens with one attached hydrogen (secondary N) is 1. The first-order valence-corrected chi connectivity index (χ1v) is 12.2. The van der Waals surface area contributed by atoms with Crippen LogP contribution in [0.25, 0.3) is 10.7 Å². The second-order valence-corrected chi connectivity index (χ2v) is 10.2. The van der Waals surface area contributed by atoms with E-state index in [-0.39, 0.29) is 10.8 Å². The number of nitrogens with zero attached hydrogens (tertiary/aromatic N) is 3. The molecule has 1 amide bonds. The second-order valence-electron chi connectivity index (χ2n) is 7.49. The van der Waals surface area contributed by atoms with Crippen molar-refractivity contribution < 1.29 is 17.9 Å². The van der Waals surface area contributed by atoms with E-state index >= 15 is 0 Å². The molecule has 0 radical (unpaired) electrons. The molecule has 1 aliphatic heterocycles. The van der Waals surface area contributed by atoms with Crippen molar-refractivity contribution in [2.24, 2.45) is 7.05 Å². The van der Waals surface area contributed by atoms with Gasteiger partial charge < -0.3 is 14.2 Å². The molecular weight excluding hydrogens is 436 g/mol. The maximum Gasteiger partial charge on any atom is 0.266 e. The van der Waals surface area contributed by atoms with Gasteiger partial charge in [0, 0.05) is 32.0 Å². The van der Waals surface area contributed by atoms with E-state index in [1.807, 2.05) is 13.0 Å². The lowest BCUT2D eigenvalue weighted by molar-refractivity contribution is 0.0305. The van der Waals surface area contributed by atoms with Gasteiger partial charge in [0.25, 0.3) is 15.9 Å². The number of hydrogen-bond acceptors (Lipinski definition) is 6. The van der Waals surface area contributed by atoms with Crippen molar-refractivity contribution >= 4 is 33.0 Å². The number of rotatable bonds is 5. The molecule has 4 rings (SSSR count). The van der Waals surface area contributed by atoms with E-state index in [9.17, 15) is 13.2 Å². The number of morpholine rings is 1. The number of benzene rings is 1. The highest BCUT2D eigenvalue weighted by Gasteiger charge is 2.25. The van der Waals surface area contributed by atoms with Gasteiger partial charge >= 0.3 is 0 Å². The predicted octanol–water partition coefficient (Wildman–Crippen LogP) is 3.04. The van der Waals surface area contributed by atoms with Crippen LogP contribution in [0.4, 0.5) is 5.69 Å². The Hall–Kier alpha value is -2.69. The highest BCUT2D eigenvalue weighted by Crippen LogP contribution is 2.31. The topological polar surface area (TPSA) is 93.5 Å². The van der Waals surface area contributed by atoms with Crippen molar-refractivity contribution in [1.29, 1.82) is 0 Å². The minimum Gasteiger partial charge on any atom is -0.378 e. The van der Waals surface area contributed by atoms with E-state index < -0.39 is 10.0 Å². The zero-order valence-corrected chi connectivity index (χ0v) is 19.2. The standard InChI is InChI=1S/C21H24N4O4S2/c1-14-5-4-6-16(11-14)23-31(27,28)17-12-18(24(3)13-17)20-22-15(2)19(30-20)21(26)25-7-9-29-10-8-25/h4-6,11-13,23H,7-10H2,1-3H3. The zero-order chi connectivity index (χ0) is 22.2. The van der Waals surface area contributed by atoms with E-state index in [2.05, 4.69) is 9.71 Å². The van der Waals surface area contributed by atoms with Gasteiger partial charge in [-0.3, -0.25) is 9.52 Å². The van der Waals surface area contributed by atoms with E-state index in [0.717, 1.165) is 5.56 Å². The molecule has 8 nitrogen and oxygen atoms in total. The number of aromatic nitrogens is 2. The van der Waals surface area contributed by atoms with Crippen LogP contribution < -0.4 is 4.72 Å². The molecule has 3 heterocycles. The monoisotopic (exact) mass is 460 g/mol. The van der Waals surface area contributed by atoms with Crippen LogP contribution >= 0.6 is 11.3 Å². The molecule has 0 atom stereocenters. The molecule has 1 fully saturated rings. The largest absolute Gasteiger partial charge is 0.378 e. The summed E-state index contributed by atoms with van der Waals surface area (Å²) in [6.07, 6.45) is 1.55. The summed E-state index contributed by atoms with van der Waals surface area (Å²) in [5, 5.41) is 0.605. The summed E-state index contributed by atoms with van der Waals surface area (Å²) in [7, 11) is -1.99. The average molecular weight is 461 g/mol. The van der Waals surface area contributed by atoms with Crippen LogP contribution in [-0.4, -0.2) is 55.1 Å². The summed E-state index contributed by atoms with van der Waals surface area (Å²) < 4.78 is 35.4. The molecule has 1 N–H and O–H groups in total. The summed E-state index contributed by atoms with van der Waals surface area (Å²) in [5.41, 5.74) is 2.75. The molecule has 1 aliphatic rings. The van der Waals surface area contributed by atoms with Gasteiger partial charge in [-0.2, -0.15) is 0 Å². The number of thiazole rings is 1. The maximum absolute atomic E-state index is 12.9. The molecule has 31 heavy (non-hydrogen) atoms. The molecule has 1 aromatic carbocycles. The Morgan fingerprint density at radius 2 is 1.94 bits per heavy atom. The van der Waals surface area contributed by atoms with E-state index in [4.69, 9.17) is 4.74 Å². The van der Waals surface area contributed by atoms with Crippen LogP contribution in [0.15, 0.2) is 41.4 Å². The van der Waals surface area contributed by atoms with Crippen LogP contribution in [0.5, 0.6) is 0 Å². The smallest absolute Gasteiger partial charge is 0.266 e. The third kappa shape index (κ3) is 4.51. The lowest BCUT2D eigenvalue weighted by Crippen LogP contribution is -2.40. The van der Waals surface area contributed by atoms with Gasteiger partial charge in [0.05, 0.1) is 24.6 Å². The minimum absolute atomic E-state index is 0.0623. The Kier molecular flexibility index (Phi) is 5.87. The first-order valence-electron chi connectivity index (χ1n) is 9.85. The van der Waals surface area contributed by atoms with Gasteiger partial charge in [-0.15, -0.1) is 11.3 Å². The maximum atomic E-state index is 12.9. The molecule has 10 heteroatoms. The van der Waals surface area contributed by atoms with Crippen molar-refractivity contribution in [3.8, 4) is 10.7 Å². The minimum atomic E-state index is -3.76. The van der Waals surface area contributed by atoms with Crippen LogP contribution in [0.1, 0.15) is 20.9 Å². The number of ether oxygens (including phenoxy) is 1. The Labute approximate surface area is 185 Å². The third-order valence-corrected chi connectivity index (χ3v) is 7.58. The van der Waals surface area contributed by atoms with Crippen molar-refractivity contribution in [3.63, 3.8) is 0 Å². The highest BCUT2D eigenvalue weighted by atomic mass is 32.2. The fourth-order valence-corrected chi connectivity index (χ4v) is 5.64. The normalized spacial score (nSPS) is 14.6. The second kappa shape index (κ2) is 8.45. The van der Waals surface area contributed by atoms with Gasteiger partial charge in [-0.05, 0) is 37.6 Å². The quantitative estimate of drug-likeness (QED) is 0.632. The number of carbonyl (C=O) groups is 1. The Bertz CT molecular complexity index is 1220. The SMILES string of the molecule is Cc1cccc(NS(=O)(=O)c2cc(-c3nc(C)c(C(=O)N4CCOCC4)s3)n(C)c2)c1. The van der Waals surface area contributed by atoms with E-state index in [1.165, 1.54) is 11.3 Å². The van der Waals surface area contributed by atoms with Gasteiger partial charge in [-0.1, -0.05) is 12.1 Å². The molecule has 0 bridgehead atoms. The zero-order valence-electron chi connectivity index (χ0n) is 17.6. The Morgan fingerprint density at radius 1 is 1.19 bits per heavy atom. The summed E-state index contributed by atoms with van der Waals surface area (Å²) in [5.74, 6) is -0.0623. The van der Waals surface area contributed by atoms with Crippen LogP contribution in [0.2, 0.25) is 0 Å². The molecule has 0 spiro atoms. The van der Waals surface area contributed by atoms with Gasteiger partial charge in [0.1, 0.15) is 14.8 Å². The Morgan fingerprint density at radius 3 is 2.65 bits per heavy atom. The summed E-state index contributed by atoms with van der Waals surface area (Å²) in [6.45, 7) is 5.88. The summed E-state index contributed by atoms with van der Waals surface area (Å²) >= 11 is 1.28. The average Bonchev–Trinajstić information content (AvgIpc) is 3.31.